The molecule has 1 heterocycles. The van der Waals surface area contributed by atoms with Crippen LogP contribution in [0.3, 0.4) is 0 Å². The van der Waals surface area contributed by atoms with Crippen molar-refractivity contribution in [1.82, 2.24) is 14.7 Å². The van der Waals surface area contributed by atoms with E-state index >= 15 is 0 Å². The summed E-state index contributed by atoms with van der Waals surface area (Å²) in [5.41, 5.74) is 2.88. The SMILES string of the molecule is CCCCNS(=O)(=O)c1ccc2nc(SCCCc3ccccc3)[nH]c2c1. The summed E-state index contributed by atoms with van der Waals surface area (Å²) in [4.78, 5) is 8.06. The van der Waals surface area contributed by atoms with Crippen LogP contribution >= 0.6 is 11.8 Å². The van der Waals surface area contributed by atoms with Crippen LogP contribution in [0.25, 0.3) is 11.0 Å². The number of benzene rings is 2. The van der Waals surface area contributed by atoms with E-state index in [1.807, 2.05) is 13.0 Å². The van der Waals surface area contributed by atoms with Crippen LogP contribution in [0.5, 0.6) is 0 Å². The predicted octanol–water partition coefficient (Wildman–Crippen LogP) is 4.37. The van der Waals surface area contributed by atoms with E-state index in [1.54, 1.807) is 30.0 Å². The molecule has 0 atom stereocenters. The Hall–Kier alpha value is -1.83. The molecule has 0 radical (unpaired) electrons. The van der Waals surface area contributed by atoms with Crippen LogP contribution < -0.4 is 4.72 Å². The predicted molar refractivity (Wildman–Crippen MR) is 112 cm³/mol. The van der Waals surface area contributed by atoms with E-state index in [1.165, 1.54) is 5.56 Å². The third-order valence-electron chi connectivity index (χ3n) is 4.26. The Morgan fingerprint density at radius 2 is 1.93 bits per heavy atom. The highest BCUT2D eigenvalue weighted by Crippen LogP contribution is 2.23. The van der Waals surface area contributed by atoms with E-state index < -0.39 is 10.0 Å². The van der Waals surface area contributed by atoms with Gasteiger partial charge in [-0.15, -0.1) is 0 Å². The van der Waals surface area contributed by atoms with Crippen LogP contribution in [0, 0.1) is 0 Å². The molecular formula is C20H25N3O2S2. The molecule has 3 rings (SSSR count). The highest BCUT2D eigenvalue weighted by atomic mass is 32.2. The number of nitrogens with zero attached hydrogens (tertiary/aromatic N) is 1. The van der Waals surface area contributed by atoms with Crippen molar-refractivity contribution < 1.29 is 8.42 Å². The second-order valence-corrected chi connectivity index (χ2v) is 9.26. The van der Waals surface area contributed by atoms with Crippen molar-refractivity contribution >= 4 is 32.8 Å². The highest BCUT2D eigenvalue weighted by Gasteiger charge is 2.15. The molecule has 0 amide bonds. The maximum atomic E-state index is 12.4. The molecule has 5 nitrogen and oxygen atoms in total. The summed E-state index contributed by atoms with van der Waals surface area (Å²) in [7, 11) is -3.47. The minimum atomic E-state index is -3.47. The number of H-pyrrole nitrogens is 1. The second-order valence-electron chi connectivity index (χ2n) is 6.41. The molecule has 1 aromatic heterocycles. The third-order valence-corrected chi connectivity index (χ3v) is 6.67. The Balaban J connectivity index is 1.60. The number of aromatic amines is 1. The fourth-order valence-electron chi connectivity index (χ4n) is 2.76. The number of fused-ring (bicyclic) bond motifs is 1. The van der Waals surface area contributed by atoms with Crippen LogP contribution in [0.2, 0.25) is 0 Å². The Labute approximate surface area is 165 Å². The Morgan fingerprint density at radius 1 is 1.11 bits per heavy atom. The second kappa shape index (κ2) is 9.39. The van der Waals surface area contributed by atoms with Crippen molar-refractivity contribution in [3.8, 4) is 0 Å². The number of thioether (sulfide) groups is 1. The number of aromatic nitrogens is 2. The molecule has 0 aliphatic carbocycles. The summed E-state index contributed by atoms with van der Waals surface area (Å²) in [5.74, 6) is 0.957. The first-order valence-corrected chi connectivity index (χ1v) is 11.7. The van der Waals surface area contributed by atoms with Gasteiger partial charge in [-0.2, -0.15) is 0 Å². The van der Waals surface area contributed by atoms with Crippen molar-refractivity contribution in [2.75, 3.05) is 12.3 Å². The van der Waals surface area contributed by atoms with Crippen LogP contribution in [0.4, 0.5) is 0 Å². The Kier molecular flexibility index (Phi) is 6.93. The zero-order valence-corrected chi connectivity index (χ0v) is 17.1. The van der Waals surface area contributed by atoms with Gasteiger partial charge in [0.05, 0.1) is 15.9 Å². The summed E-state index contributed by atoms with van der Waals surface area (Å²) >= 11 is 1.66. The van der Waals surface area contributed by atoms with Crippen LogP contribution in [0.15, 0.2) is 58.6 Å². The van der Waals surface area contributed by atoms with Gasteiger partial charge in [-0.1, -0.05) is 55.4 Å². The first-order valence-electron chi connectivity index (χ1n) is 9.24. The molecule has 2 N–H and O–H groups in total. The lowest BCUT2D eigenvalue weighted by Crippen LogP contribution is -2.24. The van der Waals surface area contributed by atoms with Gasteiger partial charge >= 0.3 is 0 Å². The fourth-order valence-corrected chi connectivity index (χ4v) is 4.68. The van der Waals surface area contributed by atoms with Gasteiger partial charge in [-0.25, -0.2) is 18.1 Å². The highest BCUT2D eigenvalue weighted by molar-refractivity contribution is 7.99. The summed E-state index contributed by atoms with van der Waals surface area (Å²) in [6.07, 6.45) is 3.88. The van der Waals surface area contributed by atoms with Gasteiger partial charge in [0, 0.05) is 12.3 Å². The van der Waals surface area contributed by atoms with Gasteiger partial charge in [0.1, 0.15) is 0 Å². The maximum Gasteiger partial charge on any atom is 0.240 e. The van der Waals surface area contributed by atoms with Gasteiger partial charge in [0.25, 0.3) is 0 Å². The molecule has 27 heavy (non-hydrogen) atoms. The standard InChI is InChI=1S/C20H25N3O2S2/c1-2-3-13-21-27(24,25)17-11-12-18-19(15-17)23-20(22-18)26-14-7-10-16-8-5-4-6-9-16/h4-6,8-9,11-12,15,21H,2-3,7,10,13-14H2,1H3,(H,22,23). The molecule has 0 fully saturated rings. The number of hydrogen-bond acceptors (Lipinski definition) is 4. The van der Waals surface area contributed by atoms with Crippen LogP contribution in [0.1, 0.15) is 31.7 Å². The molecule has 0 unspecified atom stereocenters. The number of hydrogen-bond donors (Lipinski definition) is 2. The monoisotopic (exact) mass is 403 g/mol. The molecule has 7 heteroatoms. The molecule has 144 valence electrons. The third kappa shape index (κ3) is 5.57. The minimum Gasteiger partial charge on any atom is -0.333 e. The number of sulfonamides is 1. The van der Waals surface area contributed by atoms with Crippen LogP contribution in [-0.4, -0.2) is 30.7 Å². The molecule has 2 aromatic carbocycles. The molecule has 3 aromatic rings. The summed E-state index contributed by atoms with van der Waals surface area (Å²) in [6.45, 7) is 2.49. The van der Waals surface area contributed by atoms with E-state index in [0.29, 0.717) is 6.54 Å². The molecule has 0 saturated carbocycles. The van der Waals surface area contributed by atoms with Crippen molar-refractivity contribution in [1.29, 1.82) is 0 Å². The average Bonchev–Trinajstić information content (AvgIpc) is 3.08. The smallest absolute Gasteiger partial charge is 0.240 e. The summed E-state index contributed by atoms with van der Waals surface area (Å²) < 4.78 is 27.3. The van der Waals surface area contributed by atoms with Crippen molar-refractivity contribution in [3.63, 3.8) is 0 Å². The summed E-state index contributed by atoms with van der Waals surface area (Å²) in [6, 6.07) is 15.5. The van der Waals surface area contributed by atoms with Gasteiger partial charge in [-0.3, -0.25) is 0 Å². The molecule has 0 aliphatic heterocycles. The molecule has 0 spiro atoms. The van der Waals surface area contributed by atoms with Crippen molar-refractivity contribution in [2.24, 2.45) is 0 Å². The zero-order chi connectivity index (χ0) is 19.1. The first-order chi connectivity index (χ1) is 13.1. The van der Waals surface area contributed by atoms with Gasteiger partial charge < -0.3 is 4.98 Å². The normalized spacial score (nSPS) is 11.9. The number of imidazole rings is 1. The zero-order valence-electron chi connectivity index (χ0n) is 15.4. The number of rotatable bonds is 10. The van der Waals surface area contributed by atoms with Gasteiger partial charge in [-0.05, 0) is 43.0 Å². The van der Waals surface area contributed by atoms with E-state index in [4.69, 9.17) is 0 Å². The van der Waals surface area contributed by atoms with Crippen LogP contribution in [-0.2, 0) is 16.4 Å². The van der Waals surface area contributed by atoms with Crippen molar-refractivity contribution in [2.45, 2.75) is 42.7 Å². The first kappa shape index (κ1) is 19.9. The molecule has 0 saturated heterocycles. The maximum absolute atomic E-state index is 12.4. The lowest BCUT2D eigenvalue weighted by Gasteiger charge is -2.05. The molecular weight excluding hydrogens is 378 g/mol. The largest absolute Gasteiger partial charge is 0.333 e. The van der Waals surface area contributed by atoms with Gasteiger partial charge in [0.2, 0.25) is 10.0 Å². The molecule has 0 aliphatic rings. The Bertz CT molecular complexity index is 969. The molecule has 0 bridgehead atoms. The Morgan fingerprint density at radius 3 is 2.70 bits per heavy atom. The lowest BCUT2D eigenvalue weighted by molar-refractivity contribution is 0.578. The average molecular weight is 404 g/mol. The minimum absolute atomic E-state index is 0.274. The quantitative estimate of drug-likeness (QED) is 0.389. The summed E-state index contributed by atoms with van der Waals surface area (Å²) in [5, 5.41) is 0.826. The number of unbranched alkanes of at least 4 members (excludes halogenated alkanes) is 1. The fraction of sp³-hybridized carbons (Fsp3) is 0.350. The van der Waals surface area contributed by atoms with E-state index in [0.717, 1.165) is 47.6 Å². The van der Waals surface area contributed by atoms with Crippen molar-refractivity contribution in [3.05, 3.63) is 54.1 Å². The number of aryl methyl sites for hydroxylation is 1. The van der Waals surface area contributed by atoms with E-state index in [-0.39, 0.29) is 4.90 Å². The van der Waals surface area contributed by atoms with Gasteiger partial charge in [0.15, 0.2) is 5.16 Å². The lowest BCUT2D eigenvalue weighted by atomic mass is 10.1. The number of nitrogens with one attached hydrogen (secondary N) is 2. The van der Waals surface area contributed by atoms with E-state index in [2.05, 4.69) is 39.0 Å². The topological polar surface area (TPSA) is 74.8 Å². The van der Waals surface area contributed by atoms with E-state index in [9.17, 15) is 8.42 Å².